The molecule has 0 saturated heterocycles. The van der Waals surface area contributed by atoms with Crippen LogP contribution in [0.5, 0.6) is 5.75 Å². The van der Waals surface area contributed by atoms with E-state index >= 15 is 0 Å². The van der Waals surface area contributed by atoms with E-state index in [2.05, 4.69) is 29.2 Å². The Labute approximate surface area is 131 Å². The maximum Gasteiger partial charge on any atom is 0.122 e. The van der Waals surface area contributed by atoms with Gasteiger partial charge in [-0.25, -0.2) is 0 Å². The van der Waals surface area contributed by atoms with E-state index in [4.69, 9.17) is 0 Å². The molecular weight excluding hydrogens is 274 g/mol. The van der Waals surface area contributed by atoms with Gasteiger partial charge >= 0.3 is 0 Å². The van der Waals surface area contributed by atoms with Crippen LogP contribution in [0.15, 0.2) is 42.5 Å². The number of nitrogens with zero attached hydrogens (tertiary/aromatic N) is 1. The summed E-state index contributed by atoms with van der Waals surface area (Å²) in [7, 11) is 0. The average Bonchev–Trinajstić information content (AvgIpc) is 2.95. The summed E-state index contributed by atoms with van der Waals surface area (Å²) < 4.78 is 0. The summed E-state index contributed by atoms with van der Waals surface area (Å²) in [6.45, 7) is 3.32. The zero-order chi connectivity index (χ0) is 15.5. The lowest BCUT2D eigenvalue weighted by Gasteiger charge is -2.29. The normalized spacial score (nSPS) is 17.0. The highest BCUT2D eigenvalue weighted by Crippen LogP contribution is 2.37. The standard InChI is InChI=1S/C19H23NO2/c1-14-5-4-7-16(19(14)22)13-20(11-12-21)18-10-9-15-6-2-3-8-17(15)18/h2-8,18,21-22H,9-13H2,1H3. The minimum absolute atomic E-state index is 0.130. The zero-order valence-corrected chi connectivity index (χ0v) is 13.0. The summed E-state index contributed by atoms with van der Waals surface area (Å²) in [5, 5.41) is 19.7. The fourth-order valence-electron chi connectivity index (χ4n) is 3.45. The van der Waals surface area contributed by atoms with Crippen molar-refractivity contribution < 1.29 is 10.2 Å². The number of benzene rings is 2. The topological polar surface area (TPSA) is 43.7 Å². The minimum Gasteiger partial charge on any atom is -0.507 e. The number of aromatic hydroxyl groups is 1. The third-order valence-corrected chi connectivity index (χ3v) is 4.62. The van der Waals surface area contributed by atoms with Gasteiger partial charge in [0.15, 0.2) is 0 Å². The number of fused-ring (bicyclic) bond motifs is 1. The lowest BCUT2D eigenvalue weighted by Crippen LogP contribution is -2.30. The summed E-state index contributed by atoms with van der Waals surface area (Å²) in [6, 6.07) is 14.7. The first kappa shape index (κ1) is 15.1. The van der Waals surface area contributed by atoms with Gasteiger partial charge in [-0.05, 0) is 36.5 Å². The molecule has 0 saturated carbocycles. The molecule has 2 aromatic rings. The molecule has 3 nitrogen and oxygen atoms in total. The molecule has 0 aliphatic heterocycles. The van der Waals surface area contributed by atoms with E-state index in [1.807, 2.05) is 25.1 Å². The van der Waals surface area contributed by atoms with E-state index in [1.54, 1.807) is 0 Å². The number of rotatable bonds is 5. The summed E-state index contributed by atoms with van der Waals surface area (Å²) in [4.78, 5) is 2.28. The van der Waals surface area contributed by atoms with E-state index in [0.29, 0.717) is 24.9 Å². The molecule has 0 fully saturated rings. The third-order valence-electron chi connectivity index (χ3n) is 4.62. The molecule has 0 heterocycles. The lowest BCUT2D eigenvalue weighted by molar-refractivity contribution is 0.141. The van der Waals surface area contributed by atoms with Crippen LogP contribution in [0.2, 0.25) is 0 Å². The SMILES string of the molecule is Cc1cccc(CN(CCO)C2CCc3ccccc32)c1O. The number of phenols is 1. The van der Waals surface area contributed by atoms with Crippen molar-refractivity contribution in [2.75, 3.05) is 13.2 Å². The number of phenolic OH excluding ortho intramolecular Hbond substituents is 1. The van der Waals surface area contributed by atoms with Gasteiger partial charge in [-0.15, -0.1) is 0 Å². The average molecular weight is 297 g/mol. The van der Waals surface area contributed by atoms with E-state index in [1.165, 1.54) is 11.1 Å². The van der Waals surface area contributed by atoms with E-state index in [-0.39, 0.29) is 6.61 Å². The molecule has 1 aliphatic carbocycles. The monoisotopic (exact) mass is 297 g/mol. The van der Waals surface area contributed by atoms with Gasteiger partial charge in [0, 0.05) is 24.7 Å². The molecule has 2 aromatic carbocycles. The first-order chi connectivity index (χ1) is 10.7. The molecule has 22 heavy (non-hydrogen) atoms. The van der Waals surface area contributed by atoms with Gasteiger partial charge in [0.05, 0.1) is 6.61 Å². The molecule has 1 atom stereocenters. The van der Waals surface area contributed by atoms with Crippen LogP contribution in [-0.2, 0) is 13.0 Å². The van der Waals surface area contributed by atoms with Gasteiger partial charge in [-0.2, -0.15) is 0 Å². The van der Waals surface area contributed by atoms with Crippen LogP contribution in [0.4, 0.5) is 0 Å². The van der Waals surface area contributed by atoms with Crippen LogP contribution < -0.4 is 0 Å². The van der Waals surface area contributed by atoms with Crippen molar-refractivity contribution in [2.45, 2.75) is 32.4 Å². The zero-order valence-electron chi connectivity index (χ0n) is 13.0. The maximum atomic E-state index is 10.3. The predicted molar refractivity (Wildman–Crippen MR) is 87.8 cm³/mol. The predicted octanol–water partition coefficient (Wildman–Crippen LogP) is 3.18. The molecule has 0 spiro atoms. The van der Waals surface area contributed by atoms with Crippen LogP contribution in [0, 0.1) is 6.92 Å². The maximum absolute atomic E-state index is 10.3. The highest BCUT2D eigenvalue weighted by Gasteiger charge is 2.27. The van der Waals surface area contributed by atoms with Crippen LogP contribution in [0.3, 0.4) is 0 Å². The van der Waals surface area contributed by atoms with E-state index in [9.17, 15) is 10.2 Å². The molecule has 0 amide bonds. The van der Waals surface area contributed by atoms with Gasteiger partial charge < -0.3 is 10.2 Å². The van der Waals surface area contributed by atoms with Crippen molar-refractivity contribution in [3.05, 3.63) is 64.7 Å². The summed E-state index contributed by atoms with van der Waals surface area (Å²) in [5.41, 5.74) is 4.60. The Bertz CT molecular complexity index is 654. The Morgan fingerprint density at radius 1 is 1.14 bits per heavy atom. The number of para-hydroxylation sites is 1. The van der Waals surface area contributed by atoms with E-state index in [0.717, 1.165) is 24.0 Å². The van der Waals surface area contributed by atoms with Crippen LogP contribution in [-0.4, -0.2) is 28.3 Å². The molecule has 3 rings (SSSR count). The van der Waals surface area contributed by atoms with Gasteiger partial charge in [0.25, 0.3) is 0 Å². The largest absolute Gasteiger partial charge is 0.507 e. The number of hydrogen-bond donors (Lipinski definition) is 2. The van der Waals surface area contributed by atoms with Gasteiger partial charge in [-0.1, -0.05) is 42.5 Å². The second-order valence-electron chi connectivity index (χ2n) is 6.03. The molecule has 2 N–H and O–H groups in total. The summed E-state index contributed by atoms with van der Waals surface area (Å²) in [5.74, 6) is 0.372. The lowest BCUT2D eigenvalue weighted by atomic mass is 10.0. The smallest absolute Gasteiger partial charge is 0.122 e. The van der Waals surface area contributed by atoms with Crippen LogP contribution in [0.1, 0.15) is 34.7 Å². The molecular formula is C19H23NO2. The molecule has 1 aliphatic rings. The second kappa shape index (κ2) is 6.51. The van der Waals surface area contributed by atoms with Gasteiger partial charge in [0.2, 0.25) is 0 Å². The fraction of sp³-hybridized carbons (Fsp3) is 0.368. The number of aliphatic hydroxyl groups excluding tert-OH is 1. The van der Waals surface area contributed by atoms with Crippen LogP contribution in [0.25, 0.3) is 0 Å². The van der Waals surface area contributed by atoms with Gasteiger partial charge in [-0.3, -0.25) is 4.90 Å². The Hall–Kier alpha value is -1.84. The number of hydrogen-bond acceptors (Lipinski definition) is 3. The number of aryl methyl sites for hydroxylation is 2. The van der Waals surface area contributed by atoms with Crippen molar-refractivity contribution in [1.82, 2.24) is 4.90 Å². The summed E-state index contributed by atoms with van der Waals surface area (Å²) >= 11 is 0. The Morgan fingerprint density at radius 2 is 1.95 bits per heavy atom. The van der Waals surface area contributed by atoms with Crippen molar-refractivity contribution in [2.24, 2.45) is 0 Å². The molecule has 0 bridgehead atoms. The fourth-order valence-corrected chi connectivity index (χ4v) is 3.45. The Morgan fingerprint density at radius 3 is 2.77 bits per heavy atom. The molecule has 0 aromatic heterocycles. The van der Waals surface area contributed by atoms with Crippen molar-refractivity contribution in [1.29, 1.82) is 0 Å². The first-order valence-corrected chi connectivity index (χ1v) is 7.91. The number of aliphatic hydroxyl groups is 1. The van der Waals surface area contributed by atoms with Crippen molar-refractivity contribution in [3.8, 4) is 5.75 Å². The first-order valence-electron chi connectivity index (χ1n) is 7.91. The second-order valence-corrected chi connectivity index (χ2v) is 6.03. The minimum atomic E-state index is 0.130. The molecule has 0 radical (unpaired) electrons. The highest BCUT2D eigenvalue weighted by atomic mass is 16.3. The molecule has 3 heteroatoms. The Kier molecular flexibility index (Phi) is 4.46. The molecule has 116 valence electrons. The Balaban J connectivity index is 1.86. The van der Waals surface area contributed by atoms with Crippen molar-refractivity contribution >= 4 is 0 Å². The van der Waals surface area contributed by atoms with Gasteiger partial charge in [0.1, 0.15) is 5.75 Å². The van der Waals surface area contributed by atoms with Crippen LogP contribution >= 0.6 is 0 Å². The summed E-state index contributed by atoms with van der Waals surface area (Å²) in [6.07, 6.45) is 2.16. The van der Waals surface area contributed by atoms with E-state index < -0.39 is 0 Å². The highest BCUT2D eigenvalue weighted by molar-refractivity contribution is 5.40. The molecule has 1 unspecified atom stereocenters. The van der Waals surface area contributed by atoms with Crippen molar-refractivity contribution in [3.63, 3.8) is 0 Å². The third kappa shape index (κ3) is 2.87. The quantitative estimate of drug-likeness (QED) is 0.891.